The number of hydrogen-bond donors (Lipinski definition) is 1. The number of imidazole rings is 1. The molecule has 2 aromatic rings. The summed E-state index contributed by atoms with van der Waals surface area (Å²) < 4.78 is 2.11. The van der Waals surface area contributed by atoms with Crippen LogP contribution < -0.4 is 0 Å². The van der Waals surface area contributed by atoms with Crippen molar-refractivity contribution in [2.24, 2.45) is 7.05 Å². The van der Waals surface area contributed by atoms with Crippen molar-refractivity contribution < 1.29 is 9.90 Å². The van der Waals surface area contributed by atoms with E-state index >= 15 is 0 Å². The zero-order valence-corrected chi connectivity index (χ0v) is 12.6. The molecule has 0 radical (unpaired) electrons. The van der Waals surface area contributed by atoms with Gasteiger partial charge < -0.3 is 9.67 Å². The highest BCUT2D eigenvalue weighted by Gasteiger charge is 2.25. The Morgan fingerprint density at radius 1 is 1.33 bits per heavy atom. The first-order valence-corrected chi connectivity index (χ1v) is 7.02. The summed E-state index contributed by atoms with van der Waals surface area (Å²) in [4.78, 5) is 18.1. The van der Waals surface area contributed by atoms with Crippen molar-refractivity contribution in [1.82, 2.24) is 14.5 Å². The normalized spacial score (nSPS) is 14.4. The minimum Gasteiger partial charge on any atom is -0.478 e. The lowest BCUT2D eigenvalue weighted by Crippen LogP contribution is -2.18. The Kier molecular flexibility index (Phi) is 3.29. The smallest absolute Gasteiger partial charge is 0.336 e. The predicted octanol–water partition coefficient (Wildman–Crippen LogP) is 2.25. The van der Waals surface area contributed by atoms with Crippen molar-refractivity contribution in [3.05, 3.63) is 52.1 Å². The van der Waals surface area contributed by atoms with Gasteiger partial charge in [0.2, 0.25) is 0 Å². The van der Waals surface area contributed by atoms with Gasteiger partial charge in [-0.2, -0.15) is 0 Å². The Morgan fingerprint density at radius 3 is 2.71 bits per heavy atom. The lowest BCUT2D eigenvalue weighted by atomic mass is 10.0. The molecule has 0 saturated carbocycles. The molecule has 0 bridgehead atoms. The minimum atomic E-state index is -0.850. The molecule has 0 spiro atoms. The topological polar surface area (TPSA) is 58.4 Å². The lowest BCUT2D eigenvalue weighted by molar-refractivity contribution is 0.0695. The number of nitrogens with zero attached hydrogens (tertiary/aromatic N) is 3. The van der Waals surface area contributed by atoms with Crippen LogP contribution >= 0.6 is 0 Å². The first-order valence-electron chi connectivity index (χ1n) is 7.02. The molecule has 5 heteroatoms. The number of carboxylic acid groups (broad SMARTS) is 1. The first kappa shape index (κ1) is 13.8. The van der Waals surface area contributed by atoms with Crippen molar-refractivity contribution in [2.75, 3.05) is 0 Å². The number of hydrogen-bond acceptors (Lipinski definition) is 3. The van der Waals surface area contributed by atoms with E-state index in [0.29, 0.717) is 12.1 Å². The summed E-state index contributed by atoms with van der Waals surface area (Å²) in [6.07, 6.45) is 0. The molecule has 2 heterocycles. The summed E-state index contributed by atoms with van der Waals surface area (Å²) in [5.74, 6) is 0.173. The van der Waals surface area contributed by atoms with Crippen LogP contribution in [0.3, 0.4) is 0 Å². The lowest BCUT2D eigenvalue weighted by Gasteiger charge is -2.14. The van der Waals surface area contributed by atoms with Gasteiger partial charge in [0.05, 0.1) is 17.8 Å². The van der Waals surface area contributed by atoms with Gasteiger partial charge in [-0.1, -0.05) is 12.1 Å². The SMILES string of the molecule is Cc1nc(CN2Cc3cccc(C(=O)O)c3C2)n(C)c1C. The molecule has 1 aliphatic heterocycles. The largest absolute Gasteiger partial charge is 0.478 e. The number of carboxylic acids is 1. The van der Waals surface area contributed by atoms with Crippen molar-refractivity contribution >= 4 is 5.97 Å². The predicted molar refractivity (Wildman–Crippen MR) is 79.0 cm³/mol. The number of fused-ring (bicyclic) bond motifs is 1. The van der Waals surface area contributed by atoms with Gasteiger partial charge in [0, 0.05) is 25.8 Å². The molecule has 0 aliphatic carbocycles. The first-order chi connectivity index (χ1) is 9.97. The molecule has 1 aromatic carbocycles. The van der Waals surface area contributed by atoms with Gasteiger partial charge in [-0.25, -0.2) is 9.78 Å². The molecular weight excluding hydrogens is 266 g/mol. The summed E-state index contributed by atoms with van der Waals surface area (Å²) in [5.41, 5.74) is 4.69. The third kappa shape index (κ3) is 2.34. The van der Waals surface area contributed by atoms with Gasteiger partial charge in [0.15, 0.2) is 0 Å². The molecule has 21 heavy (non-hydrogen) atoms. The molecular formula is C16H19N3O2. The van der Waals surface area contributed by atoms with Crippen molar-refractivity contribution in [2.45, 2.75) is 33.5 Å². The van der Waals surface area contributed by atoms with Crippen molar-refractivity contribution in [3.63, 3.8) is 0 Å². The average molecular weight is 285 g/mol. The maximum atomic E-state index is 11.3. The molecule has 0 amide bonds. The van der Waals surface area contributed by atoms with Gasteiger partial charge in [0.25, 0.3) is 0 Å². The van der Waals surface area contributed by atoms with Crippen LogP contribution in [0.2, 0.25) is 0 Å². The van der Waals surface area contributed by atoms with Crippen LogP contribution in [0, 0.1) is 13.8 Å². The molecule has 5 nitrogen and oxygen atoms in total. The summed E-state index contributed by atoms with van der Waals surface area (Å²) in [5, 5.41) is 9.27. The molecule has 3 rings (SSSR count). The monoisotopic (exact) mass is 285 g/mol. The van der Waals surface area contributed by atoms with Gasteiger partial charge in [-0.05, 0) is 31.0 Å². The Hall–Kier alpha value is -2.14. The van der Waals surface area contributed by atoms with Crippen LogP contribution in [0.1, 0.15) is 38.7 Å². The minimum absolute atomic E-state index is 0.419. The van der Waals surface area contributed by atoms with Crippen LogP contribution in [0.25, 0.3) is 0 Å². The van der Waals surface area contributed by atoms with E-state index in [0.717, 1.165) is 35.7 Å². The highest BCUT2D eigenvalue weighted by molar-refractivity contribution is 5.90. The average Bonchev–Trinajstić information content (AvgIpc) is 2.95. The fourth-order valence-corrected chi connectivity index (χ4v) is 2.93. The number of benzene rings is 1. The van der Waals surface area contributed by atoms with Crippen LogP contribution in [0.4, 0.5) is 0 Å². The van der Waals surface area contributed by atoms with E-state index in [1.165, 1.54) is 5.69 Å². The summed E-state index contributed by atoms with van der Waals surface area (Å²) >= 11 is 0. The van der Waals surface area contributed by atoms with E-state index in [9.17, 15) is 9.90 Å². The molecule has 0 saturated heterocycles. The third-order valence-electron chi connectivity index (χ3n) is 4.35. The van der Waals surface area contributed by atoms with E-state index in [4.69, 9.17) is 0 Å². The number of aromatic nitrogens is 2. The van der Waals surface area contributed by atoms with Crippen LogP contribution in [0.5, 0.6) is 0 Å². The molecule has 0 unspecified atom stereocenters. The number of aryl methyl sites for hydroxylation is 1. The Labute approximate surface area is 123 Å². The van der Waals surface area contributed by atoms with Gasteiger partial charge in [-0.15, -0.1) is 0 Å². The van der Waals surface area contributed by atoms with Gasteiger partial charge in [0.1, 0.15) is 5.82 Å². The van der Waals surface area contributed by atoms with Crippen molar-refractivity contribution in [3.8, 4) is 0 Å². The molecule has 1 aliphatic rings. The quantitative estimate of drug-likeness (QED) is 0.939. The van der Waals surface area contributed by atoms with E-state index in [1.807, 2.05) is 26.1 Å². The molecule has 110 valence electrons. The van der Waals surface area contributed by atoms with E-state index in [1.54, 1.807) is 6.07 Å². The maximum Gasteiger partial charge on any atom is 0.336 e. The van der Waals surface area contributed by atoms with E-state index in [2.05, 4.69) is 21.4 Å². The fourth-order valence-electron chi connectivity index (χ4n) is 2.93. The number of aromatic carboxylic acids is 1. The second-order valence-electron chi connectivity index (χ2n) is 5.65. The summed E-state index contributed by atoms with van der Waals surface area (Å²) in [7, 11) is 2.02. The fraction of sp³-hybridized carbons (Fsp3) is 0.375. The van der Waals surface area contributed by atoms with E-state index in [-0.39, 0.29) is 0 Å². The Balaban J connectivity index is 1.83. The maximum absolute atomic E-state index is 11.3. The van der Waals surface area contributed by atoms with E-state index < -0.39 is 5.97 Å². The second-order valence-corrected chi connectivity index (χ2v) is 5.65. The molecule has 0 fully saturated rings. The Bertz CT molecular complexity index is 719. The van der Waals surface area contributed by atoms with Gasteiger partial charge >= 0.3 is 5.97 Å². The zero-order valence-electron chi connectivity index (χ0n) is 12.6. The standard InChI is InChI=1S/C16H19N3O2/c1-10-11(2)18(3)15(17-10)9-19-7-12-5-4-6-13(16(20)21)14(12)8-19/h4-6H,7-9H2,1-3H3,(H,20,21). The van der Waals surface area contributed by atoms with Crippen molar-refractivity contribution in [1.29, 1.82) is 0 Å². The number of carbonyl (C=O) groups is 1. The number of rotatable bonds is 3. The highest BCUT2D eigenvalue weighted by atomic mass is 16.4. The second kappa shape index (κ2) is 5.00. The summed E-state index contributed by atoms with van der Waals surface area (Å²) in [6.45, 7) is 6.26. The summed E-state index contributed by atoms with van der Waals surface area (Å²) in [6, 6.07) is 5.51. The molecule has 1 N–H and O–H groups in total. The molecule has 1 aromatic heterocycles. The third-order valence-corrected chi connectivity index (χ3v) is 4.35. The molecule has 0 atom stereocenters. The Morgan fingerprint density at radius 2 is 2.10 bits per heavy atom. The van der Waals surface area contributed by atoms with Crippen LogP contribution in [-0.2, 0) is 26.7 Å². The van der Waals surface area contributed by atoms with Crippen LogP contribution in [0.15, 0.2) is 18.2 Å². The zero-order chi connectivity index (χ0) is 15.1. The highest BCUT2D eigenvalue weighted by Crippen LogP contribution is 2.27. The van der Waals surface area contributed by atoms with Crippen LogP contribution in [-0.4, -0.2) is 25.5 Å². The van der Waals surface area contributed by atoms with Gasteiger partial charge in [-0.3, -0.25) is 4.90 Å².